The van der Waals surface area contributed by atoms with Gasteiger partial charge in [-0.2, -0.15) is 8.78 Å². The monoisotopic (exact) mass is 450 g/mol. The molecule has 150 valence electrons. The van der Waals surface area contributed by atoms with Crippen molar-refractivity contribution < 1.29 is 26.7 Å². The van der Waals surface area contributed by atoms with Gasteiger partial charge in [0.1, 0.15) is 5.75 Å². The number of hydrogen-bond donors (Lipinski definition) is 1. The normalized spacial score (nSPS) is 15.7. The van der Waals surface area contributed by atoms with Gasteiger partial charge in [0.2, 0.25) is 10.0 Å². The van der Waals surface area contributed by atoms with Gasteiger partial charge < -0.3 is 10.1 Å². The summed E-state index contributed by atoms with van der Waals surface area (Å²) in [5.74, 6) is -0.846. The summed E-state index contributed by atoms with van der Waals surface area (Å²) in [6.45, 7) is -2.73. The third-order valence-corrected chi connectivity index (χ3v) is 6.35. The highest BCUT2D eigenvalue weighted by atomic mass is 35.5. The van der Waals surface area contributed by atoms with Crippen molar-refractivity contribution in [3.8, 4) is 5.75 Å². The topological polar surface area (TPSA) is 75.7 Å². The second-order valence-corrected chi connectivity index (χ2v) is 8.77. The molecule has 0 aliphatic carbocycles. The minimum Gasteiger partial charge on any atom is -0.435 e. The molecule has 0 bridgehead atoms. The first-order valence-corrected chi connectivity index (χ1v) is 10.4. The Kier molecular flexibility index (Phi) is 5.97. The van der Waals surface area contributed by atoms with E-state index in [-0.39, 0.29) is 32.8 Å². The van der Waals surface area contributed by atoms with E-state index in [4.69, 9.17) is 23.2 Å². The van der Waals surface area contributed by atoms with Crippen LogP contribution in [0.3, 0.4) is 0 Å². The Morgan fingerprint density at radius 1 is 1.18 bits per heavy atom. The lowest BCUT2D eigenvalue weighted by atomic mass is 10.1. The lowest BCUT2D eigenvalue weighted by Gasteiger charge is -2.18. The van der Waals surface area contributed by atoms with Crippen LogP contribution in [0.2, 0.25) is 10.0 Å². The van der Waals surface area contributed by atoms with Gasteiger partial charge in [-0.15, -0.1) is 0 Å². The molecular weight excluding hydrogens is 437 g/mol. The maximum atomic E-state index is 12.6. The van der Waals surface area contributed by atoms with Crippen molar-refractivity contribution in [3.05, 3.63) is 52.0 Å². The molecule has 1 aliphatic heterocycles. The molecule has 0 radical (unpaired) electrons. The minimum absolute atomic E-state index is 0.0255. The second kappa shape index (κ2) is 8.10. The van der Waals surface area contributed by atoms with Crippen LogP contribution in [0.5, 0.6) is 5.75 Å². The van der Waals surface area contributed by atoms with Crippen molar-refractivity contribution in [3.63, 3.8) is 0 Å². The molecule has 0 aromatic heterocycles. The van der Waals surface area contributed by atoms with Crippen LogP contribution in [0, 0.1) is 0 Å². The highest BCUT2D eigenvalue weighted by molar-refractivity contribution is 7.93. The number of carbonyl (C=O) groups excluding carboxylic acids is 1. The van der Waals surface area contributed by atoms with E-state index in [9.17, 15) is 22.0 Å². The van der Waals surface area contributed by atoms with Gasteiger partial charge in [0, 0.05) is 23.3 Å². The van der Waals surface area contributed by atoms with Gasteiger partial charge >= 0.3 is 6.61 Å². The molecule has 1 N–H and O–H groups in total. The van der Waals surface area contributed by atoms with Crippen LogP contribution in [0.15, 0.2) is 36.4 Å². The largest absolute Gasteiger partial charge is 0.435 e. The number of benzene rings is 2. The van der Waals surface area contributed by atoms with E-state index in [1.807, 2.05) is 0 Å². The first-order valence-electron chi connectivity index (χ1n) is 8.02. The fourth-order valence-corrected chi connectivity index (χ4v) is 4.76. The Morgan fingerprint density at radius 3 is 2.57 bits per heavy atom. The van der Waals surface area contributed by atoms with Gasteiger partial charge in [-0.1, -0.05) is 23.2 Å². The molecular formula is C17H14Cl2F2N2O4S. The average Bonchev–Trinajstić information content (AvgIpc) is 2.93. The van der Waals surface area contributed by atoms with E-state index in [1.165, 1.54) is 40.7 Å². The van der Waals surface area contributed by atoms with E-state index in [1.54, 1.807) is 0 Å². The maximum absolute atomic E-state index is 12.6. The van der Waals surface area contributed by atoms with Crippen molar-refractivity contribution in [2.45, 2.75) is 13.0 Å². The number of halogens is 4. The van der Waals surface area contributed by atoms with Crippen LogP contribution in [0.4, 0.5) is 20.2 Å². The van der Waals surface area contributed by atoms with E-state index < -0.39 is 22.5 Å². The van der Waals surface area contributed by atoms with Crippen LogP contribution in [0.25, 0.3) is 0 Å². The number of carbonyl (C=O) groups is 1. The van der Waals surface area contributed by atoms with E-state index >= 15 is 0 Å². The van der Waals surface area contributed by atoms with Crippen molar-refractivity contribution in [2.24, 2.45) is 0 Å². The van der Waals surface area contributed by atoms with Gasteiger partial charge in [0.15, 0.2) is 0 Å². The van der Waals surface area contributed by atoms with Crippen molar-refractivity contribution in [1.82, 2.24) is 0 Å². The smallest absolute Gasteiger partial charge is 0.387 e. The molecule has 1 saturated heterocycles. The number of anilines is 2. The number of nitrogens with zero attached hydrogens (tertiary/aromatic N) is 1. The van der Waals surface area contributed by atoms with Gasteiger partial charge in [0.05, 0.1) is 22.0 Å². The highest BCUT2D eigenvalue weighted by Gasteiger charge is 2.29. The molecule has 11 heteroatoms. The molecule has 2 aromatic carbocycles. The number of hydrogen-bond acceptors (Lipinski definition) is 4. The summed E-state index contributed by atoms with van der Waals surface area (Å²) in [5.41, 5.74) is 0.459. The van der Waals surface area contributed by atoms with Crippen LogP contribution in [0.1, 0.15) is 16.8 Å². The molecule has 3 rings (SSSR count). The lowest BCUT2D eigenvalue weighted by molar-refractivity contribution is -0.0497. The summed E-state index contributed by atoms with van der Waals surface area (Å²) >= 11 is 11.9. The number of amides is 1. The van der Waals surface area contributed by atoms with Crippen molar-refractivity contribution >= 4 is 50.5 Å². The predicted octanol–water partition coefficient (Wildman–Crippen LogP) is 4.39. The SMILES string of the molecule is O=C(Nc1cc(Cl)cc(OC(F)F)c1)c1cc(N2CCCS2(=O)=O)ccc1Cl. The van der Waals surface area contributed by atoms with Gasteiger partial charge in [0.25, 0.3) is 5.91 Å². The third kappa shape index (κ3) is 4.65. The second-order valence-electron chi connectivity index (χ2n) is 5.91. The van der Waals surface area contributed by atoms with E-state index in [2.05, 4.69) is 10.1 Å². The number of alkyl halides is 2. The quantitative estimate of drug-likeness (QED) is 0.732. The Bertz CT molecular complexity index is 1020. The maximum Gasteiger partial charge on any atom is 0.387 e. The van der Waals surface area contributed by atoms with Crippen LogP contribution in [-0.4, -0.2) is 33.2 Å². The zero-order valence-corrected chi connectivity index (χ0v) is 16.5. The summed E-state index contributed by atoms with van der Waals surface area (Å²) in [5, 5.41) is 2.67. The number of sulfonamides is 1. The average molecular weight is 451 g/mol. The number of nitrogens with one attached hydrogen (secondary N) is 1. The van der Waals surface area contributed by atoms with Crippen LogP contribution >= 0.6 is 23.2 Å². The van der Waals surface area contributed by atoms with E-state index in [0.29, 0.717) is 18.7 Å². The molecule has 6 nitrogen and oxygen atoms in total. The summed E-state index contributed by atoms with van der Waals surface area (Å²) in [6.07, 6.45) is 0.488. The fraction of sp³-hybridized carbons (Fsp3) is 0.235. The van der Waals surface area contributed by atoms with Crippen LogP contribution in [-0.2, 0) is 10.0 Å². The van der Waals surface area contributed by atoms with Gasteiger partial charge in [-0.3, -0.25) is 9.10 Å². The molecule has 1 heterocycles. The molecule has 1 fully saturated rings. The van der Waals surface area contributed by atoms with Gasteiger partial charge in [-0.05, 0) is 36.8 Å². The number of ether oxygens (including phenoxy) is 1. The van der Waals surface area contributed by atoms with Crippen molar-refractivity contribution in [1.29, 1.82) is 0 Å². The van der Waals surface area contributed by atoms with Crippen LogP contribution < -0.4 is 14.4 Å². The molecule has 0 unspecified atom stereocenters. The Balaban J connectivity index is 1.87. The summed E-state index contributed by atoms with van der Waals surface area (Å²) in [4.78, 5) is 12.6. The molecule has 0 saturated carbocycles. The van der Waals surface area contributed by atoms with Crippen molar-refractivity contribution in [2.75, 3.05) is 21.9 Å². The summed E-state index contributed by atoms with van der Waals surface area (Å²) < 4.78 is 54.5. The summed E-state index contributed by atoms with van der Waals surface area (Å²) in [6, 6.07) is 7.99. The Labute approximate surface area is 170 Å². The standard InChI is InChI=1S/C17H14Cl2F2N2O4S/c18-10-6-11(8-13(7-10)27-17(20)21)22-16(24)14-9-12(2-3-15(14)19)23-4-1-5-28(23,25)26/h2-3,6-9,17H,1,4-5H2,(H,22,24). The fourth-order valence-electron chi connectivity index (χ4n) is 2.78. The Morgan fingerprint density at radius 2 is 1.93 bits per heavy atom. The molecule has 1 aliphatic rings. The summed E-state index contributed by atoms with van der Waals surface area (Å²) in [7, 11) is -3.42. The molecule has 2 aromatic rings. The molecule has 1 amide bonds. The predicted molar refractivity (Wildman–Crippen MR) is 103 cm³/mol. The minimum atomic E-state index is -3.42. The lowest BCUT2D eigenvalue weighted by Crippen LogP contribution is -2.25. The van der Waals surface area contributed by atoms with Gasteiger partial charge in [-0.25, -0.2) is 8.42 Å². The third-order valence-electron chi connectivity index (χ3n) is 3.94. The first-order chi connectivity index (χ1) is 13.2. The molecule has 28 heavy (non-hydrogen) atoms. The molecule has 0 spiro atoms. The zero-order valence-electron chi connectivity index (χ0n) is 14.2. The highest BCUT2D eigenvalue weighted by Crippen LogP contribution is 2.30. The molecule has 0 atom stereocenters. The number of rotatable bonds is 5. The first kappa shape index (κ1) is 20.6. The zero-order chi connectivity index (χ0) is 20.5. The van der Waals surface area contributed by atoms with E-state index in [0.717, 1.165) is 0 Å². The Hall–Kier alpha value is -2.10.